The maximum absolute atomic E-state index is 12.2. The smallest absolute Gasteiger partial charge is 0.240 e. The lowest BCUT2D eigenvalue weighted by Gasteiger charge is -2.04. The summed E-state index contributed by atoms with van der Waals surface area (Å²) in [5.74, 6) is -0.418. The fourth-order valence-corrected chi connectivity index (χ4v) is 3.93. The summed E-state index contributed by atoms with van der Waals surface area (Å²) in [4.78, 5) is 24.4. The summed E-state index contributed by atoms with van der Waals surface area (Å²) in [6, 6.07) is 20.2. The average molecular weight is 529 g/mol. The number of carbonyl (C=O) groups is 2. The van der Waals surface area contributed by atoms with Crippen LogP contribution in [-0.4, -0.2) is 24.2 Å². The zero-order valence-corrected chi connectivity index (χ0v) is 23.6. The predicted octanol–water partition coefficient (Wildman–Crippen LogP) is 7.69. The summed E-state index contributed by atoms with van der Waals surface area (Å²) >= 11 is 0. The summed E-state index contributed by atoms with van der Waals surface area (Å²) < 4.78 is 0. The summed E-state index contributed by atoms with van der Waals surface area (Å²) in [6.07, 6.45) is 17.1. The van der Waals surface area contributed by atoms with Gasteiger partial charge in [0.15, 0.2) is 0 Å². The minimum absolute atomic E-state index is 0.209. The van der Waals surface area contributed by atoms with Crippen molar-refractivity contribution < 1.29 is 9.59 Å². The van der Waals surface area contributed by atoms with Gasteiger partial charge < -0.3 is 0 Å². The zero-order chi connectivity index (χ0) is 28.0. The Hall–Kier alpha value is -3.80. The Morgan fingerprint density at radius 1 is 0.590 bits per heavy atom. The minimum Gasteiger partial charge on any atom is -0.273 e. The monoisotopic (exact) mass is 528 g/mol. The number of nitrogens with one attached hydrogen (secondary N) is 2. The Bertz CT molecular complexity index is 1000. The van der Waals surface area contributed by atoms with Crippen LogP contribution < -0.4 is 10.9 Å². The molecule has 2 N–H and O–H groups in total. The second kappa shape index (κ2) is 20.2. The van der Waals surface area contributed by atoms with E-state index in [-0.39, 0.29) is 24.7 Å². The molecule has 39 heavy (non-hydrogen) atoms. The largest absolute Gasteiger partial charge is 0.273 e. The molecule has 6 nitrogen and oxygen atoms in total. The van der Waals surface area contributed by atoms with Crippen LogP contribution in [0.5, 0.6) is 0 Å². The van der Waals surface area contributed by atoms with Crippen LogP contribution in [-0.2, 0) is 9.59 Å². The topological polar surface area (TPSA) is 82.9 Å². The van der Waals surface area contributed by atoms with Crippen LogP contribution in [0.2, 0.25) is 0 Å². The number of benzene rings is 2. The van der Waals surface area contributed by atoms with E-state index in [9.17, 15) is 9.59 Å². The van der Waals surface area contributed by atoms with E-state index in [1.54, 1.807) is 12.4 Å². The van der Waals surface area contributed by atoms with Crippen molar-refractivity contribution in [1.29, 1.82) is 0 Å². The normalized spacial score (nSPS) is 12.3. The van der Waals surface area contributed by atoms with Gasteiger partial charge in [-0.3, -0.25) is 9.59 Å². The molecular weight excluding hydrogens is 484 g/mol. The standard InChI is InChI=1S/C33H44N4O2/c1-3-5-9-20-30(24-28-16-11-7-12-17-28)26-34-36-32(38)22-15-23-33(39)37-35-27-31(21-10-6-4-2)25-29-18-13-8-14-19-29/h7-8,11-14,16-19,24-27H,3-6,9-10,15,20-23H2,1-2H3,(H,36,38)(H,37,39)/b30-24+,31-25+,34-26-,35-27+. The van der Waals surface area contributed by atoms with E-state index >= 15 is 0 Å². The number of hydrogen-bond donors (Lipinski definition) is 2. The first-order chi connectivity index (χ1) is 19.1. The SMILES string of the molecule is CCCCCC(/C=N\NC(=O)CCCC(=O)N/N=C/C(=C/c1ccccc1)CCCCC)=C\c1ccccc1. The van der Waals surface area contributed by atoms with Crippen molar-refractivity contribution in [2.24, 2.45) is 10.2 Å². The molecule has 0 spiro atoms. The maximum atomic E-state index is 12.2. The van der Waals surface area contributed by atoms with Gasteiger partial charge in [-0.2, -0.15) is 10.2 Å². The Kier molecular flexibility index (Phi) is 16.3. The van der Waals surface area contributed by atoms with Crippen LogP contribution in [0.1, 0.15) is 95.6 Å². The molecule has 0 saturated carbocycles. The molecule has 0 aliphatic rings. The lowest BCUT2D eigenvalue weighted by Crippen LogP contribution is -2.20. The van der Waals surface area contributed by atoms with Crippen molar-refractivity contribution in [2.75, 3.05) is 0 Å². The molecule has 0 aromatic heterocycles. The van der Waals surface area contributed by atoms with Gasteiger partial charge in [0.2, 0.25) is 11.8 Å². The third-order valence-electron chi connectivity index (χ3n) is 6.09. The van der Waals surface area contributed by atoms with Gasteiger partial charge >= 0.3 is 0 Å². The highest BCUT2D eigenvalue weighted by Gasteiger charge is 2.05. The number of rotatable bonds is 18. The Labute approximate surface area is 234 Å². The average Bonchev–Trinajstić information content (AvgIpc) is 2.94. The van der Waals surface area contributed by atoms with Crippen molar-refractivity contribution in [3.63, 3.8) is 0 Å². The number of nitrogens with zero attached hydrogens (tertiary/aromatic N) is 2. The van der Waals surface area contributed by atoms with Gasteiger partial charge in [-0.25, -0.2) is 10.9 Å². The molecule has 2 aromatic rings. The van der Waals surface area contributed by atoms with Crippen molar-refractivity contribution in [3.8, 4) is 0 Å². The number of hydrogen-bond acceptors (Lipinski definition) is 4. The van der Waals surface area contributed by atoms with Crippen LogP contribution in [0.4, 0.5) is 0 Å². The number of carbonyl (C=O) groups excluding carboxylic acids is 2. The summed E-state index contributed by atoms with van der Waals surface area (Å²) in [6.45, 7) is 4.35. The highest BCUT2D eigenvalue weighted by atomic mass is 16.2. The highest BCUT2D eigenvalue weighted by Crippen LogP contribution is 2.13. The van der Waals surface area contributed by atoms with Crippen molar-refractivity contribution >= 4 is 36.4 Å². The molecule has 2 aromatic carbocycles. The molecular formula is C33H44N4O2. The quantitative estimate of drug-likeness (QED) is 0.118. The molecule has 0 unspecified atom stereocenters. The van der Waals surface area contributed by atoms with Crippen LogP contribution in [0.15, 0.2) is 82.0 Å². The van der Waals surface area contributed by atoms with Crippen molar-refractivity contribution in [1.82, 2.24) is 10.9 Å². The summed E-state index contributed by atoms with van der Waals surface area (Å²) in [5, 5.41) is 8.31. The van der Waals surface area contributed by atoms with Crippen LogP contribution in [0.3, 0.4) is 0 Å². The number of unbranched alkanes of at least 4 members (excludes halogenated alkanes) is 4. The van der Waals surface area contributed by atoms with Crippen LogP contribution in [0.25, 0.3) is 12.2 Å². The Balaban J connectivity index is 1.77. The van der Waals surface area contributed by atoms with E-state index in [1.165, 1.54) is 0 Å². The third kappa shape index (κ3) is 15.3. The van der Waals surface area contributed by atoms with Gasteiger partial charge in [-0.1, -0.05) is 112 Å². The van der Waals surface area contributed by atoms with E-state index in [2.05, 4.69) is 47.1 Å². The Morgan fingerprint density at radius 2 is 1.00 bits per heavy atom. The molecule has 0 aliphatic heterocycles. The van der Waals surface area contributed by atoms with Gasteiger partial charge in [-0.05, 0) is 54.4 Å². The van der Waals surface area contributed by atoms with Gasteiger partial charge in [-0.15, -0.1) is 0 Å². The van der Waals surface area contributed by atoms with Gasteiger partial charge in [0.25, 0.3) is 0 Å². The highest BCUT2D eigenvalue weighted by molar-refractivity contribution is 5.88. The van der Waals surface area contributed by atoms with Crippen molar-refractivity contribution in [2.45, 2.75) is 84.5 Å². The molecule has 2 amide bonds. The molecule has 2 rings (SSSR count). The zero-order valence-electron chi connectivity index (χ0n) is 23.6. The van der Waals surface area contributed by atoms with Crippen LogP contribution >= 0.6 is 0 Å². The minimum atomic E-state index is -0.209. The van der Waals surface area contributed by atoms with Crippen LogP contribution in [0, 0.1) is 0 Å². The van der Waals surface area contributed by atoms with Gasteiger partial charge in [0, 0.05) is 12.8 Å². The number of amides is 2. The first-order valence-corrected chi connectivity index (χ1v) is 14.3. The van der Waals surface area contributed by atoms with Gasteiger partial charge in [0.05, 0.1) is 12.4 Å². The molecule has 6 heteroatoms. The first kappa shape index (κ1) is 31.4. The van der Waals surface area contributed by atoms with E-state index < -0.39 is 0 Å². The Morgan fingerprint density at radius 3 is 1.38 bits per heavy atom. The van der Waals surface area contributed by atoms with Gasteiger partial charge in [0.1, 0.15) is 0 Å². The van der Waals surface area contributed by atoms with E-state index in [1.807, 2.05) is 60.7 Å². The lowest BCUT2D eigenvalue weighted by atomic mass is 10.1. The molecule has 0 radical (unpaired) electrons. The predicted molar refractivity (Wildman–Crippen MR) is 164 cm³/mol. The first-order valence-electron chi connectivity index (χ1n) is 14.3. The number of hydrazone groups is 2. The third-order valence-corrected chi connectivity index (χ3v) is 6.09. The van der Waals surface area contributed by atoms with E-state index in [0.717, 1.165) is 73.6 Å². The fraction of sp³-hybridized carbons (Fsp3) is 0.394. The molecule has 0 bridgehead atoms. The maximum Gasteiger partial charge on any atom is 0.240 e. The number of allylic oxidation sites excluding steroid dienone is 2. The molecule has 0 saturated heterocycles. The fourth-order valence-electron chi connectivity index (χ4n) is 3.93. The molecule has 0 atom stereocenters. The van der Waals surface area contributed by atoms with E-state index in [4.69, 9.17) is 0 Å². The summed E-state index contributed by atoms with van der Waals surface area (Å²) in [5.41, 5.74) is 9.54. The summed E-state index contributed by atoms with van der Waals surface area (Å²) in [7, 11) is 0. The molecule has 0 fully saturated rings. The molecule has 208 valence electrons. The van der Waals surface area contributed by atoms with E-state index in [0.29, 0.717) is 6.42 Å². The molecule has 0 heterocycles. The second-order valence-electron chi connectivity index (χ2n) is 9.61. The lowest BCUT2D eigenvalue weighted by molar-refractivity contribution is -0.122. The van der Waals surface area contributed by atoms with Crippen molar-refractivity contribution in [3.05, 3.63) is 82.9 Å². The second-order valence-corrected chi connectivity index (χ2v) is 9.61. The molecule has 0 aliphatic carbocycles.